The molecular formula is C23H24ClN3OS. The maximum absolute atomic E-state index is 9.48. The Kier molecular flexibility index (Phi) is 6.59. The number of nitrogens with two attached hydrogens (primary N) is 1. The Morgan fingerprint density at radius 3 is 2.86 bits per heavy atom. The van der Waals surface area contributed by atoms with Gasteiger partial charge >= 0.3 is 0 Å². The van der Waals surface area contributed by atoms with Gasteiger partial charge in [0.15, 0.2) is 0 Å². The van der Waals surface area contributed by atoms with Gasteiger partial charge in [-0.2, -0.15) is 5.26 Å². The van der Waals surface area contributed by atoms with Crippen LogP contribution in [0.4, 0.5) is 0 Å². The molecule has 0 saturated carbocycles. The lowest BCUT2D eigenvalue weighted by molar-refractivity contribution is 0.242. The highest BCUT2D eigenvalue weighted by atomic mass is 35.5. The third-order valence-corrected chi connectivity index (χ3v) is 6.11. The predicted molar refractivity (Wildman–Crippen MR) is 121 cm³/mol. The minimum absolute atomic E-state index is 0. The van der Waals surface area contributed by atoms with E-state index in [-0.39, 0.29) is 24.6 Å². The summed E-state index contributed by atoms with van der Waals surface area (Å²) >= 11 is 1.65. The SMILES string of the molecule is CC(C)Oc1ccc(-c2ncc(-c3cccc4c3CCC[C@@H]4N)s2)cc1C#N.Cl. The maximum Gasteiger partial charge on any atom is 0.137 e. The highest BCUT2D eigenvalue weighted by Crippen LogP contribution is 2.39. The molecule has 0 unspecified atom stereocenters. The molecule has 0 spiro atoms. The smallest absolute Gasteiger partial charge is 0.137 e. The number of nitriles is 1. The zero-order valence-electron chi connectivity index (χ0n) is 16.5. The summed E-state index contributed by atoms with van der Waals surface area (Å²) in [5, 5.41) is 10.4. The number of fused-ring (bicyclic) bond motifs is 1. The number of nitrogens with zero attached hydrogens (tertiary/aromatic N) is 2. The van der Waals surface area contributed by atoms with E-state index in [1.54, 1.807) is 11.3 Å². The molecule has 4 nitrogen and oxygen atoms in total. The van der Waals surface area contributed by atoms with Gasteiger partial charge in [0.2, 0.25) is 0 Å². The third-order valence-electron chi connectivity index (χ3n) is 5.03. The molecule has 3 aromatic rings. The predicted octanol–water partition coefficient (Wildman–Crippen LogP) is 5.89. The van der Waals surface area contributed by atoms with E-state index in [0.29, 0.717) is 11.3 Å². The topological polar surface area (TPSA) is 71.9 Å². The first-order valence-electron chi connectivity index (χ1n) is 9.61. The van der Waals surface area contributed by atoms with Gasteiger partial charge in [-0.3, -0.25) is 0 Å². The fourth-order valence-electron chi connectivity index (χ4n) is 3.76. The molecule has 1 aliphatic carbocycles. The quantitative estimate of drug-likeness (QED) is 0.565. The molecule has 6 heteroatoms. The number of ether oxygens (including phenoxy) is 1. The summed E-state index contributed by atoms with van der Waals surface area (Å²) < 4.78 is 5.72. The molecule has 0 bridgehead atoms. The van der Waals surface area contributed by atoms with Crippen LogP contribution in [-0.4, -0.2) is 11.1 Å². The summed E-state index contributed by atoms with van der Waals surface area (Å²) in [7, 11) is 0. The van der Waals surface area contributed by atoms with Crippen LogP contribution in [-0.2, 0) is 6.42 Å². The summed E-state index contributed by atoms with van der Waals surface area (Å²) in [4.78, 5) is 5.77. The molecule has 0 aliphatic heterocycles. The molecular weight excluding hydrogens is 402 g/mol. The van der Waals surface area contributed by atoms with Crippen LogP contribution in [0.3, 0.4) is 0 Å². The highest BCUT2D eigenvalue weighted by molar-refractivity contribution is 7.18. The van der Waals surface area contributed by atoms with E-state index >= 15 is 0 Å². The van der Waals surface area contributed by atoms with Crippen molar-refractivity contribution in [2.24, 2.45) is 5.73 Å². The molecule has 4 rings (SSSR count). The number of hydrogen-bond acceptors (Lipinski definition) is 5. The zero-order chi connectivity index (χ0) is 19.7. The normalized spacial score (nSPS) is 15.3. The van der Waals surface area contributed by atoms with Crippen molar-refractivity contribution in [1.82, 2.24) is 4.98 Å². The van der Waals surface area contributed by atoms with E-state index in [9.17, 15) is 5.26 Å². The van der Waals surface area contributed by atoms with Gasteiger partial charge in [-0.05, 0) is 68.0 Å². The molecule has 0 saturated heterocycles. The number of thiazole rings is 1. The van der Waals surface area contributed by atoms with Gasteiger partial charge in [0, 0.05) is 17.8 Å². The van der Waals surface area contributed by atoms with Crippen molar-refractivity contribution in [3.63, 3.8) is 0 Å². The minimum atomic E-state index is 0. The van der Waals surface area contributed by atoms with Crippen molar-refractivity contribution in [2.75, 3.05) is 0 Å². The molecule has 0 fully saturated rings. The lowest BCUT2D eigenvalue weighted by Gasteiger charge is -2.24. The van der Waals surface area contributed by atoms with Gasteiger partial charge in [0.1, 0.15) is 16.8 Å². The first-order chi connectivity index (χ1) is 13.6. The second kappa shape index (κ2) is 8.96. The Hall–Kier alpha value is -2.39. The van der Waals surface area contributed by atoms with E-state index in [4.69, 9.17) is 10.5 Å². The van der Waals surface area contributed by atoms with Crippen molar-refractivity contribution in [1.29, 1.82) is 5.26 Å². The summed E-state index contributed by atoms with van der Waals surface area (Å²) in [5.74, 6) is 0.615. The van der Waals surface area contributed by atoms with Crippen LogP contribution in [0.1, 0.15) is 49.4 Å². The molecule has 1 aliphatic rings. The van der Waals surface area contributed by atoms with Crippen LogP contribution in [0.25, 0.3) is 21.0 Å². The average molecular weight is 426 g/mol. The first-order valence-corrected chi connectivity index (χ1v) is 10.4. The van der Waals surface area contributed by atoms with Crippen molar-refractivity contribution in [3.8, 4) is 32.8 Å². The molecule has 1 aromatic heterocycles. The lowest BCUT2D eigenvalue weighted by Crippen LogP contribution is -2.17. The largest absolute Gasteiger partial charge is 0.490 e. The molecule has 1 atom stereocenters. The van der Waals surface area contributed by atoms with Gasteiger partial charge in [0.25, 0.3) is 0 Å². The van der Waals surface area contributed by atoms with Crippen LogP contribution >= 0.6 is 23.7 Å². The van der Waals surface area contributed by atoms with Gasteiger partial charge in [-0.15, -0.1) is 23.7 Å². The van der Waals surface area contributed by atoms with Crippen molar-refractivity contribution >= 4 is 23.7 Å². The maximum atomic E-state index is 9.48. The number of hydrogen-bond donors (Lipinski definition) is 1. The lowest BCUT2D eigenvalue weighted by atomic mass is 9.85. The van der Waals surface area contributed by atoms with Crippen LogP contribution < -0.4 is 10.5 Å². The Bertz CT molecular complexity index is 1050. The van der Waals surface area contributed by atoms with E-state index in [1.807, 2.05) is 38.2 Å². The summed E-state index contributed by atoms with van der Waals surface area (Å²) in [6.07, 6.45) is 5.19. The zero-order valence-corrected chi connectivity index (χ0v) is 18.1. The fraction of sp³-hybridized carbons (Fsp3) is 0.304. The Labute approximate surface area is 181 Å². The van der Waals surface area contributed by atoms with Crippen LogP contribution in [0.5, 0.6) is 5.75 Å². The molecule has 0 amide bonds. The Balaban J connectivity index is 0.00000240. The molecule has 29 heavy (non-hydrogen) atoms. The number of aromatic nitrogens is 1. The molecule has 2 N–H and O–H groups in total. The van der Waals surface area contributed by atoms with Crippen molar-refractivity contribution in [2.45, 2.75) is 45.3 Å². The van der Waals surface area contributed by atoms with Gasteiger partial charge in [-0.25, -0.2) is 4.98 Å². The third kappa shape index (κ3) is 4.30. The minimum Gasteiger partial charge on any atom is -0.490 e. The van der Waals surface area contributed by atoms with Crippen molar-refractivity contribution < 1.29 is 4.74 Å². The van der Waals surface area contributed by atoms with Crippen LogP contribution in [0.2, 0.25) is 0 Å². The number of benzene rings is 2. The molecule has 2 aromatic carbocycles. The second-order valence-electron chi connectivity index (χ2n) is 7.39. The Morgan fingerprint density at radius 1 is 1.28 bits per heavy atom. The van der Waals surface area contributed by atoms with E-state index < -0.39 is 0 Å². The molecule has 150 valence electrons. The summed E-state index contributed by atoms with van der Waals surface area (Å²) in [5.41, 5.74) is 11.6. The van der Waals surface area contributed by atoms with Gasteiger partial charge in [0.05, 0.1) is 16.5 Å². The van der Waals surface area contributed by atoms with E-state index in [1.165, 1.54) is 16.7 Å². The van der Waals surface area contributed by atoms with E-state index in [0.717, 1.165) is 34.7 Å². The van der Waals surface area contributed by atoms with Gasteiger partial charge in [-0.1, -0.05) is 18.2 Å². The monoisotopic (exact) mass is 425 g/mol. The Morgan fingerprint density at radius 2 is 2.10 bits per heavy atom. The molecule has 1 heterocycles. The highest BCUT2D eigenvalue weighted by Gasteiger charge is 2.21. The first kappa shape index (κ1) is 21.3. The summed E-state index contributed by atoms with van der Waals surface area (Å²) in [6.45, 7) is 3.91. The molecule has 0 radical (unpaired) electrons. The fourth-order valence-corrected chi connectivity index (χ4v) is 4.72. The second-order valence-corrected chi connectivity index (χ2v) is 8.42. The number of halogens is 1. The number of rotatable bonds is 4. The van der Waals surface area contributed by atoms with Crippen molar-refractivity contribution in [3.05, 3.63) is 59.3 Å². The van der Waals surface area contributed by atoms with E-state index in [2.05, 4.69) is 29.3 Å². The summed E-state index contributed by atoms with van der Waals surface area (Å²) in [6, 6.07) is 14.4. The van der Waals surface area contributed by atoms with Crippen LogP contribution in [0.15, 0.2) is 42.6 Å². The van der Waals surface area contributed by atoms with Crippen LogP contribution in [0, 0.1) is 11.3 Å². The standard InChI is InChI=1S/C23H23N3OS.ClH/c1-14(2)27-21-10-9-15(11-16(21)12-24)23-26-13-22(28-23)19-7-3-6-18-17(19)5-4-8-20(18)25;/h3,6-7,9-11,13-14,20H,4-5,8,25H2,1-2H3;1H/t20-;/m0./s1. The average Bonchev–Trinajstić information content (AvgIpc) is 3.18. The van der Waals surface area contributed by atoms with Gasteiger partial charge < -0.3 is 10.5 Å².